The fourth-order valence-electron chi connectivity index (χ4n) is 3.61. The molecule has 0 atom stereocenters. The lowest BCUT2D eigenvalue weighted by molar-refractivity contribution is 0.0952. The molecular formula is C21H24FN5O. The zero-order chi connectivity index (χ0) is 19.3. The van der Waals surface area contributed by atoms with E-state index in [-0.39, 0.29) is 11.7 Å². The number of nitrogens with zero attached hydrogens (tertiary/aromatic N) is 4. The molecule has 0 bridgehead atoms. The minimum Gasteiger partial charge on any atom is -0.352 e. The minimum atomic E-state index is -0.261. The number of rotatable bonds is 7. The molecule has 1 saturated heterocycles. The first-order valence-corrected chi connectivity index (χ1v) is 9.77. The first-order chi connectivity index (χ1) is 13.7. The standard InChI is InChI=1S/C21H24FN5O/c22-18-7-4-16(5-8-18)15-27-20-9-6-17(14-19(20)24-25-27)21(28)23-10-3-13-26-11-1-2-12-26/h4-9,14H,1-3,10-13,15H2,(H,23,28). The zero-order valence-electron chi connectivity index (χ0n) is 15.8. The topological polar surface area (TPSA) is 63.1 Å². The third-order valence-electron chi connectivity index (χ3n) is 5.16. The SMILES string of the molecule is O=C(NCCCN1CCCC1)c1ccc2c(c1)nnn2Cc1ccc(F)cc1. The van der Waals surface area contributed by atoms with Crippen molar-refractivity contribution in [2.45, 2.75) is 25.8 Å². The van der Waals surface area contributed by atoms with Crippen molar-refractivity contribution in [2.75, 3.05) is 26.2 Å². The van der Waals surface area contributed by atoms with Crippen LogP contribution in [-0.4, -0.2) is 52.0 Å². The normalized spacial score (nSPS) is 14.6. The quantitative estimate of drug-likeness (QED) is 0.640. The van der Waals surface area contributed by atoms with Gasteiger partial charge in [-0.3, -0.25) is 4.79 Å². The van der Waals surface area contributed by atoms with Crippen molar-refractivity contribution < 1.29 is 9.18 Å². The molecule has 1 aromatic heterocycles. The minimum absolute atomic E-state index is 0.0867. The number of carbonyl (C=O) groups excluding carboxylic acids is 1. The Balaban J connectivity index is 1.36. The predicted octanol–water partition coefficient (Wildman–Crippen LogP) is 2.83. The summed E-state index contributed by atoms with van der Waals surface area (Å²) in [6, 6.07) is 11.7. The average molecular weight is 381 g/mol. The molecule has 1 aliphatic heterocycles. The van der Waals surface area contributed by atoms with Crippen molar-refractivity contribution in [3.8, 4) is 0 Å². The van der Waals surface area contributed by atoms with E-state index in [9.17, 15) is 9.18 Å². The van der Waals surface area contributed by atoms with E-state index in [0.717, 1.165) is 24.0 Å². The van der Waals surface area contributed by atoms with Gasteiger partial charge in [-0.05, 0) is 74.8 Å². The van der Waals surface area contributed by atoms with E-state index in [1.54, 1.807) is 28.9 Å². The van der Waals surface area contributed by atoms with Crippen LogP contribution in [0.4, 0.5) is 4.39 Å². The number of likely N-dealkylation sites (tertiary alicyclic amines) is 1. The Morgan fingerprint density at radius 2 is 1.89 bits per heavy atom. The van der Waals surface area contributed by atoms with E-state index in [0.29, 0.717) is 24.2 Å². The van der Waals surface area contributed by atoms with Crippen molar-refractivity contribution in [2.24, 2.45) is 0 Å². The highest BCUT2D eigenvalue weighted by molar-refractivity contribution is 5.97. The van der Waals surface area contributed by atoms with E-state index in [2.05, 4.69) is 20.5 Å². The smallest absolute Gasteiger partial charge is 0.251 e. The van der Waals surface area contributed by atoms with Gasteiger partial charge in [-0.25, -0.2) is 9.07 Å². The van der Waals surface area contributed by atoms with E-state index < -0.39 is 0 Å². The molecule has 0 aliphatic carbocycles. The lowest BCUT2D eigenvalue weighted by atomic mass is 10.1. The summed E-state index contributed by atoms with van der Waals surface area (Å²) in [5.74, 6) is -0.348. The number of halogens is 1. The molecule has 7 heteroatoms. The lowest BCUT2D eigenvalue weighted by Crippen LogP contribution is -2.28. The fraction of sp³-hybridized carbons (Fsp3) is 0.381. The number of carbonyl (C=O) groups is 1. The highest BCUT2D eigenvalue weighted by Crippen LogP contribution is 2.15. The largest absolute Gasteiger partial charge is 0.352 e. The Labute approximate surface area is 163 Å². The molecular weight excluding hydrogens is 357 g/mol. The van der Waals surface area contributed by atoms with Crippen LogP contribution in [0.3, 0.4) is 0 Å². The van der Waals surface area contributed by atoms with Crippen LogP contribution >= 0.6 is 0 Å². The number of fused-ring (bicyclic) bond motifs is 1. The summed E-state index contributed by atoms with van der Waals surface area (Å²) in [4.78, 5) is 14.8. The van der Waals surface area contributed by atoms with Gasteiger partial charge in [-0.15, -0.1) is 5.10 Å². The van der Waals surface area contributed by atoms with Crippen LogP contribution in [0.15, 0.2) is 42.5 Å². The van der Waals surface area contributed by atoms with Crippen molar-refractivity contribution in [1.82, 2.24) is 25.2 Å². The summed E-state index contributed by atoms with van der Waals surface area (Å²) in [6.45, 7) is 4.57. The van der Waals surface area contributed by atoms with Crippen molar-refractivity contribution in [3.63, 3.8) is 0 Å². The Hall–Kier alpha value is -2.80. The number of benzene rings is 2. The molecule has 2 aromatic carbocycles. The van der Waals surface area contributed by atoms with Gasteiger partial charge in [0, 0.05) is 12.1 Å². The molecule has 6 nitrogen and oxygen atoms in total. The Bertz CT molecular complexity index is 947. The maximum absolute atomic E-state index is 13.1. The van der Waals surface area contributed by atoms with E-state index >= 15 is 0 Å². The summed E-state index contributed by atoms with van der Waals surface area (Å²) < 4.78 is 14.8. The van der Waals surface area contributed by atoms with Crippen LogP contribution in [0, 0.1) is 5.82 Å². The van der Waals surface area contributed by atoms with Crippen molar-refractivity contribution in [3.05, 3.63) is 59.4 Å². The Kier molecular flexibility index (Phi) is 5.62. The molecule has 1 fully saturated rings. The molecule has 0 unspecified atom stereocenters. The van der Waals surface area contributed by atoms with E-state index in [1.165, 1.54) is 38.1 Å². The highest BCUT2D eigenvalue weighted by atomic mass is 19.1. The van der Waals surface area contributed by atoms with Gasteiger partial charge >= 0.3 is 0 Å². The van der Waals surface area contributed by atoms with Gasteiger partial charge in [0.15, 0.2) is 0 Å². The van der Waals surface area contributed by atoms with Gasteiger partial charge in [0.25, 0.3) is 5.91 Å². The molecule has 28 heavy (non-hydrogen) atoms. The number of hydrogen-bond acceptors (Lipinski definition) is 4. The van der Waals surface area contributed by atoms with Crippen LogP contribution in [0.25, 0.3) is 11.0 Å². The molecule has 146 valence electrons. The molecule has 1 aliphatic rings. The second-order valence-electron chi connectivity index (χ2n) is 7.24. The number of amides is 1. The van der Waals surface area contributed by atoms with Crippen LogP contribution in [0.1, 0.15) is 35.2 Å². The Morgan fingerprint density at radius 3 is 2.68 bits per heavy atom. The molecule has 0 saturated carbocycles. The molecule has 1 amide bonds. The Morgan fingerprint density at radius 1 is 1.11 bits per heavy atom. The van der Waals surface area contributed by atoms with Gasteiger partial charge in [0.2, 0.25) is 0 Å². The molecule has 3 aromatic rings. The third-order valence-corrected chi connectivity index (χ3v) is 5.16. The third kappa shape index (κ3) is 4.36. The summed E-state index contributed by atoms with van der Waals surface area (Å²) in [5, 5.41) is 11.3. The molecule has 2 heterocycles. The fourth-order valence-corrected chi connectivity index (χ4v) is 3.61. The van der Waals surface area contributed by atoms with E-state index in [1.807, 2.05) is 6.07 Å². The first kappa shape index (κ1) is 18.6. The van der Waals surface area contributed by atoms with Crippen LogP contribution in [0.5, 0.6) is 0 Å². The molecule has 4 rings (SSSR count). The molecule has 0 radical (unpaired) electrons. The van der Waals surface area contributed by atoms with Gasteiger partial charge in [-0.1, -0.05) is 17.3 Å². The van der Waals surface area contributed by atoms with Crippen LogP contribution in [0.2, 0.25) is 0 Å². The maximum atomic E-state index is 13.1. The summed E-state index contributed by atoms with van der Waals surface area (Å²) in [6.07, 6.45) is 3.53. The predicted molar refractivity (Wildman–Crippen MR) is 106 cm³/mol. The summed E-state index contributed by atoms with van der Waals surface area (Å²) >= 11 is 0. The first-order valence-electron chi connectivity index (χ1n) is 9.77. The maximum Gasteiger partial charge on any atom is 0.251 e. The van der Waals surface area contributed by atoms with Gasteiger partial charge in [0.1, 0.15) is 11.3 Å². The molecule has 1 N–H and O–H groups in total. The zero-order valence-corrected chi connectivity index (χ0v) is 15.8. The average Bonchev–Trinajstić information content (AvgIpc) is 3.36. The lowest BCUT2D eigenvalue weighted by Gasteiger charge is -2.14. The summed E-state index contributed by atoms with van der Waals surface area (Å²) in [5.41, 5.74) is 3.04. The number of nitrogens with one attached hydrogen (secondary N) is 1. The van der Waals surface area contributed by atoms with Crippen LogP contribution in [-0.2, 0) is 6.54 Å². The van der Waals surface area contributed by atoms with E-state index in [4.69, 9.17) is 0 Å². The van der Waals surface area contributed by atoms with Gasteiger partial charge in [-0.2, -0.15) is 0 Å². The van der Waals surface area contributed by atoms with Crippen molar-refractivity contribution in [1.29, 1.82) is 0 Å². The number of aromatic nitrogens is 3. The summed E-state index contributed by atoms with van der Waals surface area (Å²) in [7, 11) is 0. The van der Waals surface area contributed by atoms with Gasteiger partial charge < -0.3 is 10.2 Å². The second-order valence-corrected chi connectivity index (χ2v) is 7.24. The highest BCUT2D eigenvalue weighted by Gasteiger charge is 2.12. The van der Waals surface area contributed by atoms with Gasteiger partial charge in [0.05, 0.1) is 12.1 Å². The molecule has 0 spiro atoms. The monoisotopic (exact) mass is 381 g/mol. The second kappa shape index (κ2) is 8.48. The van der Waals surface area contributed by atoms with Crippen LogP contribution < -0.4 is 5.32 Å². The number of hydrogen-bond donors (Lipinski definition) is 1. The van der Waals surface area contributed by atoms with Crippen molar-refractivity contribution >= 4 is 16.9 Å².